The van der Waals surface area contributed by atoms with Crippen molar-refractivity contribution in [3.05, 3.63) is 58.5 Å². The van der Waals surface area contributed by atoms with Gasteiger partial charge in [0, 0.05) is 25.7 Å². The first-order valence-corrected chi connectivity index (χ1v) is 10.1. The molecule has 1 aliphatic heterocycles. The molecule has 8 heteroatoms. The highest BCUT2D eigenvalue weighted by atomic mass is 16.2. The van der Waals surface area contributed by atoms with Crippen LogP contribution in [0.2, 0.25) is 0 Å². The summed E-state index contributed by atoms with van der Waals surface area (Å²) >= 11 is 0. The van der Waals surface area contributed by atoms with Crippen molar-refractivity contribution in [3.63, 3.8) is 0 Å². The number of hydrogen-bond acceptors (Lipinski definition) is 4. The van der Waals surface area contributed by atoms with E-state index in [9.17, 15) is 14.4 Å². The zero-order valence-electron chi connectivity index (χ0n) is 16.9. The fourth-order valence-corrected chi connectivity index (χ4v) is 4.05. The summed E-state index contributed by atoms with van der Waals surface area (Å²) in [6, 6.07) is 12.5. The Morgan fingerprint density at radius 2 is 1.73 bits per heavy atom. The number of rotatable bonds is 5. The number of fused-ring (bicyclic) bond motifs is 1. The van der Waals surface area contributed by atoms with Gasteiger partial charge in [-0.1, -0.05) is 12.1 Å². The van der Waals surface area contributed by atoms with Crippen LogP contribution >= 0.6 is 0 Å². The monoisotopic (exact) mass is 407 g/mol. The molecule has 1 fully saturated rings. The molecule has 3 aromatic rings. The lowest BCUT2D eigenvalue weighted by atomic mass is 10.1. The number of amides is 2. The first kappa shape index (κ1) is 19.8. The van der Waals surface area contributed by atoms with Crippen molar-refractivity contribution in [2.45, 2.75) is 25.8 Å². The van der Waals surface area contributed by atoms with Gasteiger partial charge in [-0.05, 0) is 49.6 Å². The molecule has 1 saturated heterocycles. The van der Waals surface area contributed by atoms with E-state index in [0.717, 1.165) is 37.1 Å². The molecule has 2 amide bonds. The number of aromatic nitrogens is 2. The quantitative estimate of drug-likeness (QED) is 0.676. The van der Waals surface area contributed by atoms with Gasteiger partial charge in [0.15, 0.2) is 0 Å². The summed E-state index contributed by atoms with van der Waals surface area (Å²) in [6.45, 7) is 1.66. The summed E-state index contributed by atoms with van der Waals surface area (Å²) in [5, 5.41) is 2.90. The van der Waals surface area contributed by atoms with E-state index in [1.54, 1.807) is 19.2 Å². The van der Waals surface area contributed by atoms with Crippen molar-refractivity contribution in [2.24, 2.45) is 12.8 Å². The average Bonchev–Trinajstić information content (AvgIpc) is 2.99. The maximum atomic E-state index is 12.9. The molecule has 0 bridgehead atoms. The molecule has 1 aliphatic rings. The molecule has 0 atom stereocenters. The number of nitrogens with zero attached hydrogens (tertiary/aromatic N) is 3. The van der Waals surface area contributed by atoms with Crippen LogP contribution in [0.25, 0.3) is 11.0 Å². The van der Waals surface area contributed by atoms with E-state index in [1.807, 2.05) is 30.3 Å². The molecule has 0 spiro atoms. The summed E-state index contributed by atoms with van der Waals surface area (Å²) in [5.74, 6) is -0.894. The molecule has 4 rings (SSSR count). The number of hydrogen-bond donors (Lipinski definition) is 2. The van der Waals surface area contributed by atoms with Gasteiger partial charge in [-0.15, -0.1) is 0 Å². The first-order chi connectivity index (χ1) is 14.5. The third-order valence-corrected chi connectivity index (χ3v) is 5.61. The van der Waals surface area contributed by atoms with Crippen molar-refractivity contribution in [3.8, 4) is 0 Å². The minimum Gasteiger partial charge on any atom is -0.370 e. The normalized spacial score (nSPS) is 14.1. The Balaban J connectivity index is 1.64. The van der Waals surface area contributed by atoms with Crippen LogP contribution in [0.5, 0.6) is 0 Å². The number of carbonyl (C=O) groups excluding carboxylic acids is 2. The molecular weight excluding hydrogens is 382 g/mol. The number of anilines is 2. The highest BCUT2D eigenvalue weighted by molar-refractivity contribution is 5.99. The van der Waals surface area contributed by atoms with E-state index < -0.39 is 5.91 Å². The largest absolute Gasteiger partial charge is 0.370 e. The van der Waals surface area contributed by atoms with Crippen molar-refractivity contribution >= 4 is 34.2 Å². The third-order valence-electron chi connectivity index (χ3n) is 5.61. The Bertz CT molecular complexity index is 1170. The van der Waals surface area contributed by atoms with Gasteiger partial charge in [0.2, 0.25) is 11.8 Å². The van der Waals surface area contributed by atoms with E-state index in [1.165, 1.54) is 15.6 Å². The Labute approximate surface area is 173 Å². The molecule has 8 nitrogen and oxygen atoms in total. The highest BCUT2D eigenvalue weighted by Gasteiger charge is 2.19. The van der Waals surface area contributed by atoms with Crippen molar-refractivity contribution in [1.29, 1.82) is 0 Å². The number of nitrogens with two attached hydrogens (primary N) is 1. The summed E-state index contributed by atoms with van der Waals surface area (Å²) in [5.41, 5.74) is 8.36. The number of para-hydroxylation sites is 2. The fourth-order valence-electron chi connectivity index (χ4n) is 4.05. The minimum absolute atomic E-state index is 0.125. The molecule has 1 aromatic heterocycles. The number of nitrogens with one attached hydrogen (secondary N) is 1. The second kappa shape index (κ2) is 8.06. The maximum absolute atomic E-state index is 12.9. The SMILES string of the molecule is Cn1c(=O)n(CC(=O)Nc2cc(C(N)=O)ccc2N2CCCCC2)c2ccccc21. The van der Waals surface area contributed by atoms with E-state index in [2.05, 4.69) is 10.2 Å². The smallest absolute Gasteiger partial charge is 0.329 e. The first-order valence-electron chi connectivity index (χ1n) is 10.1. The number of carbonyl (C=O) groups is 2. The van der Waals surface area contributed by atoms with Crippen LogP contribution < -0.4 is 21.6 Å². The summed E-state index contributed by atoms with van der Waals surface area (Å²) < 4.78 is 2.97. The minimum atomic E-state index is -0.555. The molecule has 0 saturated carbocycles. The third kappa shape index (κ3) is 3.68. The van der Waals surface area contributed by atoms with Crippen LogP contribution in [0.3, 0.4) is 0 Å². The lowest BCUT2D eigenvalue weighted by Gasteiger charge is -2.30. The number of imidazole rings is 1. The second-order valence-electron chi connectivity index (χ2n) is 7.61. The molecule has 0 aliphatic carbocycles. The fraction of sp³-hybridized carbons (Fsp3) is 0.318. The number of piperidine rings is 1. The van der Waals surface area contributed by atoms with Gasteiger partial charge in [0.05, 0.1) is 22.4 Å². The van der Waals surface area contributed by atoms with Crippen LogP contribution in [0.4, 0.5) is 11.4 Å². The number of aryl methyl sites for hydroxylation is 1. The van der Waals surface area contributed by atoms with Gasteiger partial charge in [0.1, 0.15) is 6.54 Å². The lowest BCUT2D eigenvalue weighted by Crippen LogP contribution is -2.32. The van der Waals surface area contributed by atoms with Crippen molar-refractivity contribution < 1.29 is 9.59 Å². The predicted octanol–water partition coefficient (Wildman–Crippen LogP) is 2.07. The van der Waals surface area contributed by atoms with Gasteiger partial charge in [-0.25, -0.2) is 4.79 Å². The molecule has 0 unspecified atom stereocenters. The van der Waals surface area contributed by atoms with Crippen LogP contribution in [0.1, 0.15) is 29.6 Å². The van der Waals surface area contributed by atoms with Crippen molar-refractivity contribution in [2.75, 3.05) is 23.3 Å². The zero-order chi connectivity index (χ0) is 21.3. The van der Waals surface area contributed by atoms with Gasteiger partial charge < -0.3 is 16.0 Å². The lowest BCUT2D eigenvalue weighted by molar-refractivity contribution is -0.116. The van der Waals surface area contributed by atoms with Crippen LogP contribution in [0.15, 0.2) is 47.3 Å². The number of primary amides is 1. The Morgan fingerprint density at radius 1 is 1.03 bits per heavy atom. The van der Waals surface area contributed by atoms with Crippen molar-refractivity contribution in [1.82, 2.24) is 9.13 Å². The molecule has 0 radical (unpaired) electrons. The van der Waals surface area contributed by atoms with Crippen LogP contribution in [-0.4, -0.2) is 34.0 Å². The van der Waals surface area contributed by atoms with E-state index in [-0.39, 0.29) is 18.1 Å². The average molecular weight is 407 g/mol. The van der Waals surface area contributed by atoms with Gasteiger partial charge in [0.25, 0.3) is 0 Å². The van der Waals surface area contributed by atoms with Gasteiger partial charge in [-0.2, -0.15) is 0 Å². The molecule has 2 heterocycles. The molecular formula is C22H25N5O3. The molecule has 30 heavy (non-hydrogen) atoms. The summed E-state index contributed by atoms with van der Waals surface area (Å²) in [4.78, 5) is 39.4. The van der Waals surface area contributed by atoms with E-state index in [4.69, 9.17) is 5.73 Å². The molecule has 3 N–H and O–H groups in total. The molecule has 156 valence electrons. The van der Waals surface area contributed by atoms with Crippen LogP contribution in [0, 0.1) is 0 Å². The van der Waals surface area contributed by atoms with E-state index >= 15 is 0 Å². The Kier molecular flexibility index (Phi) is 5.31. The summed E-state index contributed by atoms with van der Waals surface area (Å²) in [7, 11) is 1.68. The predicted molar refractivity (Wildman–Crippen MR) is 117 cm³/mol. The Morgan fingerprint density at radius 3 is 2.43 bits per heavy atom. The standard InChI is InChI=1S/C22H25N5O3/c1-25-18-7-3-4-8-19(18)27(22(25)30)14-20(28)24-16-13-15(21(23)29)9-10-17(16)26-11-5-2-6-12-26/h3-4,7-10,13H,2,5-6,11-12,14H2,1H3,(H2,23,29)(H,24,28). The Hall–Kier alpha value is -3.55. The molecule has 2 aromatic carbocycles. The zero-order valence-corrected chi connectivity index (χ0v) is 16.9. The number of benzene rings is 2. The van der Waals surface area contributed by atoms with Gasteiger partial charge in [-0.3, -0.25) is 18.7 Å². The second-order valence-corrected chi connectivity index (χ2v) is 7.61. The maximum Gasteiger partial charge on any atom is 0.329 e. The van der Waals surface area contributed by atoms with Crippen LogP contribution in [-0.2, 0) is 18.4 Å². The topological polar surface area (TPSA) is 102 Å². The summed E-state index contributed by atoms with van der Waals surface area (Å²) in [6.07, 6.45) is 3.34. The van der Waals surface area contributed by atoms with Gasteiger partial charge >= 0.3 is 5.69 Å². The van der Waals surface area contributed by atoms with E-state index in [0.29, 0.717) is 16.8 Å². The highest BCUT2D eigenvalue weighted by Crippen LogP contribution is 2.30.